The first-order valence-electron chi connectivity index (χ1n) is 9.34. The van der Waals surface area contributed by atoms with Gasteiger partial charge >= 0.3 is 0 Å². The minimum absolute atomic E-state index is 0.156. The lowest BCUT2D eigenvalue weighted by molar-refractivity contribution is 0.192. The van der Waals surface area contributed by atoms with E-state index < -0.39 is 0 Å². The molecule has 0 heterocycles. The SMILES string of the molecule is CCNC(=NCc1ccc(C)cc1OC(C)C)NCCCCCOC. The van der Waals surface area contributed by atoms with Crippen molar-refractivity contribution in [2.24, 2.45) is 4.99 Å². The summed E-state index contributed by atoms with van der Waals surface area (Å²) in [4.78, 5) is 4.71. The molecule has 1 aromatic carbocycles. The van der Waals surface area contributed by atoms with Gasteiger partial charge in [0.25, 0.3) is 0 Å². The van der Waals surface area contributed by atoms with Crippen LogP contribution in [0.15, 0.2) is 23.2 Å². The Morgan fingerprint density at radius 3 is 2.64 bits per heavy atom. The van der Waals surface area contributed by atoms with Gasteiger partial charge in [-0.05, 0) is 58.6 Å². The number of hydrogen-bond acceptors (Lipinski definition) is 3. The molecule has 5 heteroatoms. The van der Waals surface area contributed by atoms with Gasteiger partial charge in [0.1, 0.15) is 5.75 Å². The molecule has 1 rings (SSSR count). The van der Waals surface area contributed by atoms with E-state index in [2.05, 4.69) is 42.7 Å². The summed E-state index contributed by atoms with van der Waals surface area (Å²) in [5.41, 5.74) is 2.31. The van der Waals surface area contributed by atoms with Crippen LogP contribution in [0, 0.1) is 6.92 Å². The van der Waals surface area contributed by atoms with Crippen LogP contribution in [0.5, 0.6) is 5.75 Å². The number of benzene rings is 1. The number of unbranched alkanes of at least 4 members (excludes halogenated alkanes) is 2. The van der Waals surface area contributed by atoms with Gasteiger partial charge in [-0.1, -0.05) is 12.1 Å². The third kappa shape index (κ3) is 9.34. The summed E-state index contributed by atoms with van der Waals surface area (Å²) in [6.07, 6.45) is 3.53. The molecule has 142 valence electrons. The summed E-state index contributed by atoms with van der Waals surface area (Å²) in [6.45, 7) is 11.4. The van der Waals surface area contributed by atoms with Crippen LogP contribution >= 0.6 is 0 Å². The normalized spacial score (nSPS) is 11.7. The molecule has 0 aliphatic rings. The third-order valence-corrected chi connectivity index (χ3v) is 3.65. The molecule has 0 fully saturated rings. The van der Waals surface area contributed by atoms with Gasteiger partial charge < -0.3 is 20.1 Å². The van der Waals surface area contributed by atoms with Gasteiger partial charge in [0.2, 0.25) is 0 Å². The van der Waals surface area contributed by atoms with Crippen molar-refractivity contribution in [3.63, 3.8) is 0 Å². The maximum absolute atomic E-state index is 5.93. The summed E-state index contributed by atoms with van der Waals surface area (Å²) in [5, 5.41) is 6.70. The molecule has 5 nitrogen and oxygen atoms in total. The highest BCUT2D eigenvalue weighted by Crippen LogP contribution is 2.22. The molecule has 1 aromatic rings. The fourth-order valence-electron chi connectivity index (χ4n) is 2.42. The van der Waals surface area contributed by atoms with Crippen LogP contribution in [0.25, 0.3) is 0 Å². The Morgan fingerprint density at radius 1 is 1.16 bits per heavy atom. The van der Waals surface area contributed by atoms with Gasteiger partial charge in [-0.15, -0.1) is 0 Å². The molecule has 0 spiro atoms. The molecule has 0 saturated heterocycles. The monoisotopic (exact) mass is 349 g/mol. The number of aliphatic imine (C=N–C) groups is 1. The quantitative estimate of drug-likeness (QED) is 0.364. The van der Waals surface area contributed by atoms with E-state index in [9.17, 15) is 0 Å². The summed E-state index contributed by atoms with van der Waals surface area (Å²) < 4.78 is 11.0. The summed E-state index contributed by atoms with van der Waals surface area (Å²) in [6, 6.07) is 6.29. The van der Waals surface area contributed by atoms with Gasteiger partial charge in [0, 0.05) is 32.4 Å². The lowest BCUT2D eigenvalue weighted by atomic mass is 10.1. The summed E-state index contributed by atoms with van der Waals surface area (Å²) in [5.74, 6) is 1.78. The Hall–Kier alpha value is -1.75. The first-order chi connectivity index (χ1) is 12.1. The van der Waals surface area contributed by atoms with Crippen molar-refractivity contribution in [3.8, 4) is 5.75 Å². The highest BCUT2D eigenvalue weighted by molar-refractivity contribution is 5.79. The van der Waals surface area contributed by atoms with Crippen LogP contribution < -0.4 is 15.4 Å². The predicted molar refractivity (Wildman–Crippen MR) is 105 cm³/mol. The number of methoxy groups -OCH3 is 1. The number of nitrogens with zero attached hydrogens (tertiary/aromatic N) is 1. The molecule has 0 atom stereocenters. The van der Waals surface area contributed by atoms with E-state index in [-0.39, 0.29) is 6.10 Å². The molecule has 0 unspecified atom stereocenters. The minimum Gasteiger partial charge on any atom is -0.491 e. The molecular formula is C20H35N3O2. The van der Waals surface area contributed by atoms with E-state index in [1.807, 2.05) is 13.8 Å². The van der Waals surface area contributed by atoms with Crippen molar-refractivity contribution < 1.29 is 9.47 Å². The van der Waals surface area contributed by atoms with Crippen molar-refractivity contribution in [1.29, 1.82) is 0 Å². The van der Waals surface area contributed by atoms with E-state index in [4.69, 9.17) is 14.5 Å². The van der Waals surface area contributed by atoms with Crippen LogP contribution in [-0.2, 0) is 11.3 Å². The smallest absolute Gasteiger partial charge is 0.191 e. The van der Waals surface area contributed by atoms with Crippen LogP contribution in [0.3, 0.4) is 0 Å². The zero-order valence-corrected chi connectivity index (χ0v) is 16.5. The third-order valence-electron chi connectivity index (χ3n) is 3.65. The molecule has 0 radical (unpaired) electrons. The van der Waals surface area contributed by atoms with E-state index in [1.54, 1.807) is 7.11 Å². The molecular weight excluding hydrogens is 314 g/mol. The molecule has 0 bridgehead atoms. The number of hydrogen-bond donors (Lipinski definition) is 2. The highest BCUT2D eigenvalue weighted by Gasteiger charge is 2.06. The molecule has 25 heavy (non-hydrogen) atoms. The lowest BCUT2D eigenvalue weighted by Crippen LogP contribution is -2.37. The number of ether oxygens (including phenoxy) is 2. The second-order valence-electron chi connectivity index (χ2n) is 6.45. The Labute approximate surface area is 153 Å². The van der Waals surface area contributed by atoms with Gasteiger partial charge in [0.15, 0.2) is 5.96 Å². The van der Waals surface area contributed by atoms with E-state index in [1.165, 1.54) is 5.56 Å². The highest BCUT2D eigenvalue weighted by atomic mass is 16.5. The van der Waals surface area contributed by atoms with Crippen molar-refractivity contribution in [3.05, 3.63) is 29.3 Å². The first kappa shape index (κ1) is 21.3. The molecule has 0 aliphatic carbocycles. The number of nitrogens with one attached hydrogen (secondary N) is 2. The number of rotatable bonds is 11. The minimum atomic E-state index is 0.156. The van der Waals surface area contributed by atoms with Crippen LogP contribution in [0.2, 0.25) is 0 Å². The Balaban J connectivity index is 2.61. The van der Waals surface area contributed by atoms with E-state index >= 15 is 0 Å². The Kier molecular flexibility index (Phi) is 10.7. The maximum atomic E-state index is 5.93. The van der Waals surface area contributed by atoms with Crippen molar-refractivity contribution >= 4 is 5.96 Å². The van der Waals surface area contributed by atoms with Gasteiger partial charge in [-0.25, -0.2) is 4.99 Å². The van der Waals surface area contributed by atoms with Crippen LogP contribution in [0.1, 0.15) is 51.2 Å². The van der Waals surface area contributed by atoms with Gasteiger partial charge in [-0.2, -0.15) is 0 Å². The van der Waals surface area contributed by atoms with Crippen molar-refractivity contribution in [2.45, 2.75) is 59.6 Å². The van der Waals surface area contributed by atoms with E-state index in [0.29, 0.717) is 6.54 Å². The number of guanidine groups is 1. The van der Waals surface area contributed by atoms with Crippen molar-refractivity contribution in [1.82, 2.24) is 10.6 Å². The Morgan fingerprint density at radius 2 is 1.96 bits per heavy atom. The maximum Gasteiger partial charge on any atom is 0.191 e. The molecule has 2 N–H and O–H groups in total. The Bertz CT molecular complexity index is 516. The molecule has 0 aromatic heterocycles. The molecule has 0 saturated carbocycles. The average molecular weight is 350 g/mol. The lowest BCUT2D eigenvalue weighted by Gasteiger charge is -2.15. The number of aryl methyl sites for hydroxylation is 1. The predicted octanol–water partition coefficient (Wildman–Crippen LogP) is 3.65. The fourth-order valence-corrected chi connectivity index (χ4v) is 2.42. The second kappa shape index (κ2) is 12.6. The topological polar surface area (TPSA) is 54.9 Å². The van der Waals surface area contributed by atoms with Gasteiger partial charge in [0.05, 0.1) is 12.6 Å². The molecule has 0 amide bonds. The molecule has 0 aliphatic heterocycles. The largest absolute Gasteiger partial charge is 0.491 e. The van der Waals surface area contributed by atoms with E-state index in [0.717, 1.165) is 56.2 Å². The van der Waals surface area contributed by atoms with Crippen LogP contribution in [-0.4, -0.2) is 38.9 Å². The van der Waals surface area contributed by atoms with Crippen molar-refractivity contribution in [2.75, 3.05) is 26.8 Å². The standard InChI is InChI=1S/C20H35N3O2/c1-6-21-20(22-12-8-7-9-13-24-5)23-15-18-11-10-17(4)14-19(18)25-16(2)3/h10-11,14,16H,6-9,12-13,15H2,1-5H3,(H2,21,22,23). The zero-order valence-electron chi connectivity index (χ0n) is 16.5. The summed E-state index contributed by atoms with van der Waals surface area (Å²) in [7, 11) is 1.75. The second-order valence-corrected chi connectivity index (χ2v) is 6.45. The van der Waals surface area contributed by atoms with Gasteiger partial charge in [-0.3, -0.25) is 0 Å². The van der Waals surface area contributed by atoms with Crippen LogP contribution in [0.4, 0.5) is 0 Å². The first-order valence-corrected chi connectivity index (χ1v) is 9.34. The fraction of sp³-hybridized carbons (Fsp3) is 0.650. The average Bonchev–Trinajstić information content (AvgIpc) is 2.56. The summed E-state index contributed by atoms with van der Waals surface area (Å²) >= 11 is 0. The zero-order chi connectivity index (χ0) is 18.5.